The van der Waals surface area contributed by atoms with Crippen LogP contribution < -0.4 is 15.4 Å². The van der Waals surface area contributed by atoms with Crippen LogP contribution in [0.5, 0.6) is 11.5 Å². The Morgan fingerprint density at radius 3 is 2.50 bits per heavy atom. The number of carbonyl (C=O) groups excluding carboxylic acids is 2. The molecule has 0 fully saturated rings. The van der Waals surface area contributed by atoms with Gasteiger partial charge in [0.2, 0.25) is 0 Å². The topological polar surface area (TPSA) is 131 Å². The van der Waals surface area contributed by atoms with E-state index in [0.29, 0.717) is 10.6 Å². The summed E-state index contributed by atoms with van der Waals surface area (Å²) in [5.74, 6) is -1.46. The molecule has 3 rings (SSSR count). The summed E-state index contributed by atoms with van der Waals surface area (Å²) in [6.07, 6.45) is 0. The fourth-order valence-electron chi connectivity index (χ4n) is 3.22. The van der Waals surface area contributed by atoms with Gasteiger partial charge in [0, 0.05) is 10.7 Å². The van der Waals surface area contributed by atoms with Gasteiger partial charge in [0.05, 0.1) is 36.0 Å². The quantitative estimate of drug-likeness (QED) is 0.519. The van der Waals surface area contributed by atoms with Gasteiger partial charge in [-0.25, -0.2) is 18.0 Å². The summed E-state index contributed by atoms with van der Waals surface area (Å²) in [7, 11) is -2.58. The number of aromatic hydroxyl groups is 1. The summed E-state index contributed by atoms with van der Waals surface area (Å²) in [4.78, 5) is 25.2. The Hall–Kier alpha value is -3.24. The maximum atomic E-state index is 13.0. The van der Waals surface area contributed by atoms with Gasteiger partial charge in [0.15, 0.2) is 21.3 Å². The number of halogens is 1. The lowest BCUT2D eigenvalue weighted by Crippen LogP contribution is -2.47. The molecule has 1 atom stereocenters. The number of hydrogen-bond acceptors (Lipinski definition) is 7. The number of urea groups is 1. The molecule has 1 aliphatic rings. The van der Waals surface area contributed by atoms with E-state index in [1.54, 1.807) is 6.92 Å². The summed E-state index contributed by atoms with van der Waals surface area (Å²) in [5.41, 5.74) is 0.204. The van der Waals surface area contributed by atoms with Gasteiger partial charge in [-0.2, -0.15) is 0 Å². The number of benzene rings is 2. The van der Waals surface area contributed by atoms with Crippen LogP contribution >= 0.6 is 11.6 Å². The minimum atomic E-state index is -3.94. The number of carbonyl (C=O) groups is 2. The molecule has 0 aliphatic carbocycles. The first kappa shape index (κ1) is 23.4. The van der Waals surface area contributed by atoms with E-state index in [0.717, 1.165) is 0 Å². The Bertz CT molecular complexity index is 1180. The molecule has 0 saturated heterocycles. The third-order valence-electron chi connectivity index (χ3n) is 4.69. The number of nitrogens with one attached hydrogen (secondary N) is 2. The van der Waals surface area contributed by atoms with Crippen LogP contribution in [0, 0.1) is 0 Å². The van der Waals surface area contributed by atoms with E-state index in [1.807, 2.05) is 0 Å². The monoisotopic (exact) mass is 480 g/mol. The molecule has 0 radical (unpaired) electrons. The van der Waals surface area contributed by atoms with Crippen molar-refractivity contribution >= 4 is 33.4 Å². The molecule has 0 spiro atoms. The second-order valence-corrected chi connectivity index (χ2v) is 9.21. The number of phenols is 1. The van der Waals surface area contributed by atoms with Crippen molar-refractivity contribution < 1.29 is 32.6 Å². The van der Waals surface area contributed by atoms with Crippen molar-refractivity contribution in [2.45, 2.75) is 17.9 Å². The van der Waals surface area contributed by atoms with Crippen molar-refractivity contribution in [3.8, 4) is 11.5 Å². The summed E-state index contributed by atoms with van der Waals surface area (Å²) in [6.45, 7) is 1.65. The van der Waals surface area contributed by atoms with Crippen LogP contribution in [0.3, 0.4) is 0 Å². The van der Waals surface area contributed by atoms with Crippen LogP contribution in [0.1, 0.15) is 18.5 Å². The molecular weight excluding hydrogens is 460 g/mol. The molecule has 3 N–H and O–H groups in total. The van der Waals surface area contributed by atoms with E-state index < -0.39 is 33.6 Å². The number of hydrogen-bond donors (Lipinski definition) is 3. The Morgan fingerprint density at radius 2 is 1.88 bits per heavy atom. The molecule has 2 amide bonds. The van der Waals surface area contributed by atoms with Crippen LogP contribution in [0.4, 0.5) is 4.79 Å². The molecule has 1 heterocycles. The highest BCUT2D eigenvalue weighted by atomic mass is 35.5. The highest BCUT2D eigenvalue weighted by Crippen LogP contribution is 2.34. The van der Waals surface area contributed by atoms with E-state index in [-0.39, 0.29) is 34.3 Å². The third-order valence-corrected chi connectivity index (χ3v) is 6.60. The number of ether oxygens (including phenoxy) is 2. The van der Waals surface area contributed by atoms with E-state index in [4.69, 9.17) is 21.1 Å². The predicted octanol–water partition coefficient (Wildman–Crippen LogP) is 2.70. The lowest BCUT2D eigenvalue weighted by Gasteiger charge is -2.29. The van der Waals surface area contributed by atoms with Gasteiger partial charge in [0.1, 0.15) is 0 Å². The van der Waals surface area contributed by atoms with Crippen molar-refractivity contribution in [3.63, 3.8) is 0 Å². The molecule has 0 saturated carbocycles. The lowest BCUT2D eigenvalue weighted by molar-refractivity contribution is -0.139. The van der Waals surface area contributed by atoms with Crippen LogP contribution in [-0.2, 0) is 19.4 Å². The fourth-order valence-corrected chi connectivity index (χ4v) is 4.67. The van der Waals surface area contributed by atoms with Crippen LogP contribution in [0.15, 0.2) is 58.6 Å². The highest BCUT2D eigenvalue weighted by Gasteiger charge is 2.36. The number of rotatable bonds is 7. The van der Waals surface area contributed by atoms with E-state index in [1.165, 1.54) is 49.6 Å². The zero-order chi connectivity index (χ0) is 23.5. The van der Waals surface area contributed by atoms with Crippen LogP contribution in [0.25, 0.3) is 0 Å². The summed E-state index contributed by atoms with van der Waals surface area (Å²) < 4.78 is 36.2. The number of amides is 2. The van der Waals surface area contributed by atoms with E-state index in [2.05, 4.69) is 10.6 Å². The molecule has 2 aromatic rings. The molecule has 9 nitrogen and oxygen atoms in total. The van der Waals surface area contributed by atoms with Crippen molar-refractivity contribution in [2.75, 3.05) is 19.5 Å². The molecule has 170 valence electrons. The lowest BCUT2D eigenvalue weighted by atomic mass is 9.95. The minimum absolute atomic E-state index is 0.0201. The van der Waals surface area contributed by atoms with Crippen molar-refractivity contribution in [3.05, 3.63) is 64.3 Å². The highest BCUT2D eigenvalue weighted by molar-refractivity contribution is 7.91. The van der Waals surface area contributed by atoms with Crippen molar-refractivity contribution in [1.82, 2.24) is 10.6 Å². The number of sulfone groups is 1. The standard InChI is InChI=1S/C21H21ClN2O7S/c1-3-31-20(26)18-15(11-32(28,29)14-7-5-13(22)6-8-14)23-21(27)24-19(18)12-4-9-16(25)17(10-12)30-2/h4-10,19,25H,3,11H2,1-2H3,(H2,23,24,27)/t19-/m0/s1. The van der Waals surface area contributed by atoms with Crippen LogP contribution in [0.2, 0.25) is 5.02 Å². The SMILES string of the molecule is CCOC(=O)C1=C(CS(=O)(=O)c2ccc(Cl)cc2)NC(=O)N[C@H]1c1ccc(O)c(OC)c1. The Morgan fingerprint density at radius 1 is 1.19 bits per heavy atom. The molecule has 32 heavy (non-hydrogen) atoms. The van der Waals surface area contributed by atoms with Gasteiger partial charge in [-0.05, 0) is 48.9 Å². The van der Waals surface area contributed by atoms with Gasteiger partial charge >= 0.3 is 12.0 Å². The molecule has 1 aliphatic heterocycles. The van der Waals surface area contributed by atoms with Gasteiger partial charge in [-0.3, -0.25) is 0 Å². The Labute approximate surface area is 189 Å². The first-order valence-corrected chi connectivity index (χ1v) is 11.5. The second kappa shape index (κ2) is 9.49. The smallest absolute Gasteiger partial charge is 0.338 e. The average molecular weight is 481 g/mol. The van der Waals surface area contributed by atoms with Crippen molar-refractivity contribution in [1.29, 1.82) is 0 Å². The normalized spacial score (nSPS) is 16.2. The summed E-state index contributed by atoms with van der Waals surface area (Å²) in [5, 5.41) is 15.3. The zero-order valence-corrected chi connectivity index (χ0v) is 18.8. The van der Waals surface area contributed by atoms with Gasteiger partial charge in [-0.15, -0.1) is 0 Å². The maximum Gasteiger partial charge on any atom is 0.338 e. The zero-order valence-electron chi connectivity index (χ0n) is 17.2. The van der Waals surface area contributed by atoms with Gasteiger partial charge < -0.3 is 25.2 Å². The van der Waals surface area contributed by atoms with Gasteiger partial charge in [-0.1, -0.05) is 17.7 Å². The maximum absolute atomic E-state index is 13.0. The number of phenolic OH excluding ortho intramolecular Hbond substituents is 1. The first-order chi connectivity index (χ1) is 15.2. The Balaban J connectivity index is 2.12. The van der Waals surface area contributed by atoms with Crippen LogP contribution in [-0.4, -0.2) is 45.0 Å². The average Bonchev–Trinajstić information content (AvgIpc) is 2.73. The second-order valence-electron chi connectivity index (χ2n) is 6.79. The molecular formula is C21H21ClN2O7S. The largest absolute Gasteiger partial charge is 0.504 e. The molecule has 0 unspecified atom stereocenters. The van der Waals surface area contributed by atoms with Gasteiger partial charge in [0.25, 0.3) is 0 Å². The molecule has 11 heteroatoms. The van der Waals surface area contributed by atoms with Crippen molar-refractivity contribution in [2.24, 2.45) is 0 Å². The fraction of sp³-hybridized carbons (Fsp3) is 0.238. The number of esters is 1. The summed E-state index contributed by atoms with van der Waals surface area (Å²) >= 11 is 5.84. The molecule has 0 aromatic heterocycles. The molecule has 2 aromatic carbocycles. The summed E-state index contributed by atoms with van der Waals surface area (Å²) in [6, 6.07) is 8.08. The number of methoxy groups -OCH3 is 1. The predicted molar refractivity (Wildman–Crippen MR) is 116 cm³/mol. The van der Waals surface area contributed by atoms with E-state index >= 15 is 0 Å². The molecule has 0 bridgehead atoms. The first-order valence-electron chi connectivity index (χ1n) is 9.49. The van der Waals surface area contributed by atoms with E-state index in [9.17, 15) is 23.1 Å². The third kappa shape index (κ3) is 4.97. The minimum Gasteiger partial charge on any atom is -0.504 e. The Kier molecular flexibility index (Phi) is 6.95.